The Labute approximate surface area is 170 Å². The molecule has 0 bridgehead atoms. The fourth-order valence-corrected chi connectivity index (χ4v) is 2.58. The van der Waals surface area contributed by atoms with Crippen LogP contribution in [0.2, 0.25) is 0 Å². The molecular formula is C20H18F3N5O2. The van der Waals surface area contributed by atoms with Crippen molar-refractivity contribution in [3.8, 4) is 0 Å². The topological polar surface area (TPSA) is 102 Å². The number of hydrogen-bond donors (Lipinski definition) is 3. The van der Waals surface area contributed by atoms with E-state index in [4.69, 9.17) is 10.5 Å². The molecule has 2 aromatic carbocycles. The van der Waals surface area contributed by atoms with Crippen LogP contribution in [0.3, 0.4) is 0 Å². The highest BCUT2D eigenvalue weighted by molar-refractivity contribution is 5.91. The number of ether oxygens (including phenoxy) is 1. The van der Waals surface area contributed by atoms with Crippen molar-refractivity contribution in [2.45, 2.75) is 13.1 Å². The summed E-state index contributed by atoms with van der Waals surface area (Å²) in [5.74, 6) is -0.113. The SMILES string of the molecule is CCOC(=O)c1cccc(Nc2ncnc(Nc3cccc(C(F)(F)F)c3)c2N)c1. The highest BCUT2D eigenvalue weighted by atomic mass is 19.4. The zero-order valence-corrected chi connectivity index (χ0v) is 15.8. The molecule has 3 aromatic rings. The normalized spacial score (nSPS) is 11.1. The maximum Gasteiger partial charge on any atom is 0.416 e. The molecular weight excluding hydrogens is 399 g/mol. The smallest absolute Gasteiger partial charge is 0.416 e. The first-order valence-corrected chi connectivity index (χ1v) is 8.87. The van der Waals surface area contributed by atoms with Crippen LogP contribution in [0.15, 0.2) is 54.9 Å². The quantitative estimate of drug-likeness (QED) is 0.498. The maximum absolute atomic E-state index is 12.9. The highest BCUT2D eigenvalue weighted by Gasteiger charge is 2.30. The molecule has 0 fully saturated rings. The van der Waals surface area contributed by atoms with E-state index in [0.29, 0.717) is 11.3 Å². The van der Waals surface area contributed by atoms with Gasteiger partial charge in [0.05, 0.1) is 17.7 Å². The minimum atomic E-state index is -4.47. The third kappa shape index (κ3) is 4.96. The Morgan fingerprint density at radius 3 is 2.23 bits per heavy atom. The lowest BCUT2D eigenvalue weighted by Crippen LogP contribution is -2.08. The lowest BCUT2D eigenvalue weighted by molar-refractivity contribution is -0.137. The molecule has 1 aromatic heterocycles. The molecule has 0 amide bonds. The summed E-state index contributed by atoms with van der Waals surface area (Å²) in [7, 11) is 0. The Kier molecular flexibility index (Phi) is 6.05. The second kappa shape index (κ2) is 8.68. The Morgan fingerprint density at radius 1 is 1.03 bits per heavy atom. The second-order valence-electron chi connectivity index (χ2n) is 6.11. The van der Waals surface area contributed by atoms with E-state index < -0.39 is 17.7 Å². The summed E-state index contributed by atoms with van der Waals surface area (Å²) < 4.78 is 43.7. The standard InChI is InChI=1S/C20H18F3N5O2/c1-2-30-19(29)12-5-3-7-14(9-12)27-17-16(24)18(26-11-25-17)28-15-8-4-6-13(10-15)20(21,22)23/h3-11H,2,24H2,1H3,(H2,25,26,27,28). The van der Waals surface area contributed by atoms with Crippen molar-refractivity contribution in [2.75, 3.05) is 23.0 Å². The van der Waals surface area contributed by atoms with Crippen LogP contribution in [0, 0.1) is 0 Å². The van der Waals surface area contributed by atoms with E-state index in [-0.39, 0.29) is 29.6 Å². The van der Waals surface area contributed by atoms with Gasteiger partial charge in [0.2, 0.25) is 0 Å². The molecule has 0 saturated carbocycles. The first kappa shape index (κ1) is 20.9. The Morgan fingerprint density at radius 2 is 1.63 bits per heavy atom. The molecule has 0 aliphatic rings. The number of benzene rings is 2. The van der Waals surface area contributed by atoms with Gasteiger partial charge in [-0.05, 0) is 43.3 Å². The highest BCUT2D eigenvalue weighted by Crippen LogP contribution is 2.33. The Hall–Kier alpha value is -3.82. The average molecular weight is 417 g/mol. The molecule has 0 aliphatic carbocycles. The van der Waals surface area contributed by atoms with Crippen molar-refractivity contribution in [1.82, 2.24) is 9.97 Å². The van der Waals surface area contributed by atoms with Gasteiger partial charge in [-0.25, -0.2) is 14.8 Å². The molecule has 156 valence electrons. The van der Waals surface area contributed by atoms with Crippen molar-refractivity contribution in [1.29, 1.82) is 0 Å². The summed E-state index contributed by atoms with van der Waals surface area (Å²) >= 11 is 0. The molecule has 0 radical (unpaired) electrons. The number of nitrogen functional groups attached to an aromatic ring is 1. The molecule has 0 aliphatic heterocycles. The van der Waals surface area contributed by atoms with Crippen LogP contribution in [-0.4, -0.2) is 22.5 Å². The van der Waals surface area contributed by atoms with Crippen molar-refractivity contribution in [3.63, 3.8) is 0 Å². The van der Waals surface area contributed by atoms with E-state index in [2.05, 4.69) is 20.6 Å². The van der Waals surface area contributed by atoms with Crippen LogP contribution >= 0.6 is 0 Å². The first-order chi connectivity index (χ1) is 14.3. The van der Waals surface area contributed by atoms with E-state index >= 15 is 0 Å². The van der Waals surface area contributed by atoms with Crippen LogP contribution < -0.4 is 16.4 Å². The minimum Gasteiger partial charge on any atom is -0.462 e. The lowest BCUT2D eigenvalue weighted by atomic mass is 10.2. The molecule has 0 unspecified atom stereocenters. The van der Waals surface area contributed by atoms with Crippen LogP contribution in [0.25, 0.3) is 0 Å². The fraction of sp³-hybridized carbons (Fsp3) is 0.150. The Balaban J connectivity index is 1.83. The molecule has 4 N–H and O–H groups in total. The number of alkyl halides is 3. The van der Waals surface area contributed by atoms with Crippen LogP contribution in [0.5, 0.6) is 0 Å². The predicted molar refractivity (Wildman–Crippen MR) is 107 cm³/mol. The largest absolute Gasteiger partial charge is 0.462 e. The van der Waals surface area contributed by atoms with Crippen molar-refractivity contribution < 1.29 is 22.7 Å². The molecule has 7 nitrogen and oxygen atoms in total. The lowest BCUT2D eigenvalue weighted by Gasteiger charge is -2.14. The zero-order valence-electron chi connectivity index (χ0n) is 15.8. The van der Waals surface area contributed by atoms with E-state index in [1.807, 2.05) is 0 Å². The van der Waals surface area contributed by atoms with E-state index in [0.717, 1.165) is 12.1 Å². The number of hydrogen-bond acceptors (Lipinski definition) is 7. The van der Waals surface area contributed by atoms with Crippen LogP contribution in [0.4, 0.5) is 41.9 Å². The summed E-state index contributed by atoms with van der Waals surface area (Å²) in [6, 6.07) is 11.2. The maximum atomic E-state index is 12.9. The number of nitrogens with zero attached hydrogens (tertiary/aromatic N) is 2. The number of nitrogens with two attached hydrogens (primary N) is 1. The minimum absolute atomic E-state index is 0.0939. The number of esters is 1. The van der Waals surface area contributed by atoms with Gasteiger partial charge in [0.15, 0.2) is 11.6 Å². The first-order valence-electron chi connectivity index (χ1n) is 8.87. The molecule has 10 heteroatoms. The number of aromatic nitrogens is 2. The van der Waals surface area contributed by atoms with Crippen molar-refractivity contribution >= 4 is 34.7 Å². The summed E-state index contributed by atoms with van der Waals surface area (Å²) in [6.45, 7) is 1.96. The van der Waals surface area contributed by atoms with Crippen LogP contribution in [-0.2, 0) is 10.9 Å². The molecule has 1 heterocycles. The molecule has 3 rings (SSSR count). The van der Waals surface area contributed by atoms with Gasteiger partial charge in [-0.3, -0.25) is 0 Å². The number of carbonyl (C=O) groups is 1. The van der Waals surface area contributed by atoms with Gasteiger partial charge >= 0.3 is 12.1 Å². The second-order valence-corrected chi connectivity index (χ2v) is 6.11. The third-order valence-corrected chi connectivity index (χ3v) is 3.97. The van der Waals surface area contributed by atoms with Crippen LogP contribution in [0.1, 0.15) is 22.8 Å². The van der Waals surface area contributed by atoms with Gasteiger partial charge in [-0.1, -0.05) is 12.1 Å². The fourth-order valence-electron chi connectivity index (χ4n) is 2.58. The van der Waals surface area contributed by atoms with Crippen molar-refractivity contribution in [3.05, 3.63) is 66.0 Å². The molecule has 0 spiro atoms. The van der Waals surface area contributed by atoms with Gasteiger partial charge in [0, 0.05) is 11.4 Å². The number of nitrogens with one attached hydrogen (secondary N) is 2. The predicted octanol–water partition coefficient (Wildman–Crippen LogP) is 4.74. The van der Waals surface area contributed by atoms with Gasteiger partial charge in [-0.15, -0.1) is 0 Å². The summed E-state index contributed by atoms with van der Waals surface area (Å²) in [5, 5.41) is 5.73. The number of carbonyl (C=O) groups excluding carboxylic acids is 1. The van der Waals surface area contributed by atoms with E-state index in [1.165, 1.54) is 18.5 Å². The van der Waals surface area contributed by atoms with Gasteiger partial charge in [0.25, 0.3) is 0 Å². The summed E-state index contributed by atoms with van der Waals surface area (Å²) in [5.41, 5.74) is 6.42. The Bertz CT molecular complexity index is 1060. The molecule has 30 heavy (non-hydrogen) atoms. The number of halogens is 3. The summed E-state index contributed by atoms with van der Waals surface area (Å²) in [4.78, 5) is 19.9. The summed E-state index contributed by atoms with van der Waals surface area (Å²) in [6.07, 6.45) is -3.25. The zero-order chi connectivity index (χ0) is 21.7. The number of rotatable bonds is 6. The molecule has 0 atom stereocenters. The monoisotopic (exact) mass is 417 g/mol. The molecule has 0 saturated heterocycles. The third-order valence-electron chi connectivity index (χ3n) is 3.97. The van der Waals surface area contributed by atoms with E-state index in [9.17, 15) is 18.0 Å². The number of anilines is 5. The van der Waals surface area contributed by atoms with Crippen molar-refractivity contribution in [2.24, 2.45) is 0 Å². The van der Waals surface area contributed by atoms with Gasteiger partial charge in [0.1, 0.15) is 12.0 Å². The van der Waals surface area contributed by atoms with E-state index in [1.54, 1.807) is 31.2 Å². The van der Waals surface area contributed by atoms with Gasteiger partial charge in [-0.2, -0.15) is 13.2 Å². The van der Waals surface area contributed by atoms with Gasteiger partial charge < -0.3 is 21.1 Å². The average Bonchev–Trinajstić information content (AvgIpc) is 2.71.